The molecule has 2 aliphatic rings. The lowest BCUT2D eigenvalue weighted by molar-refractivity contribution is -0.148. The molecule has 0 bridgehead atoms. The van der Waals surface area contributed by atoms with Crippen molar-refractivity contribution in [2.45, 2.75) is 63.6 Å². The molecule has 0 unspecified atom stereocenters. The molecule has 41 heavy (non-hydrogen) atoms. The van der Waals surface area contributed by atoms with Crippen LogP contribution in [0.5, 0.6) is 0 Å². The van der Waals surface area contributed by atoms with Crippen LogP contribution >= 0.6 is 0 Å². The van der Waals surface area contributed by atoms with E-state index in [1.807, 2.05) is 32.0 Å². The van der Waals surface area contributed by atoms with Crippen molar-refractivity contribution in [3.63, 3.8) is 0 Å². The van der Waals surface area contributed by atoms with Gasteiger partial charge in [-0.05, 0) is 51.2 Å². The summed E-state index contributed by atoms with van der Waals surface area (Å²) in [6, 6.07) is 7.13. The Morgan fingerprint density at radius 2 is 2.10 bits per heavy atom. The highest BCUT2D eigenvalue weighted by molar-refractivity contribution is 5.85. The van der Waals surface area contributed by atoms with Gasteiger partial charge in [-0.3, -0.25) is 9.89 Å². The second-order valence-electron chi connectivity index (χ2n) is 10.7. The molecule has 0 aromatic carbocycles. The Balaban J connectivity index is 1.15. The van der Waals surface area contributed by atoms with Gasteiger partial charge in [0.05, 0.1) is 18.4 Å². The molecule has 13 heteroatoms. The standard InChI is InChI=1S/C28H33FN10O2/c1-17-12-23(37-36-17)34-22-13-25-30-10-11-38(25)26(35-22)19-6-8-28(41-3,9-7-19)27(40)33-18(2)20-4-5-24(31-14-20)39-16-21(29)15-32-39/h4-5,12-16,18-19,30H,6-11H2,1-3H3,(H,33,40)(H,36,37)/t18-,19?,28?/m0/s1. The molecule has 6 rings (SSSR count). The van der Waals surface area contributed by atoms with E-state index in [1.54, 1.807) is 19.4 Å². The molecule has 5 heterocycles. The molecule has 4 aromatic rings. The number of methoxy groups -OCH3 is 1. The highest BCUT2D eigenvalue weighted by atomic mass is 19.1. The number of nitrogens with one attached hydrogen (secondary N) is 3. The smallest absolute Gasteiger partial charge is 0.252 e. The zero-order valence-electron chi connectivity index (χ0n) is 23.3. The minimum Gasteiger partial charge on any atom is -0.370 e. The number of anilines is 1. The predicted molar refractivity (Wildman–Crippen MR) is 148 cm³/mol. The van der Waals surface area contributed by atoms with Crippen LogP contribution in [0.3, 0.4) is 0 Å². The summed E-state index contributed by atoms with van der Waals surface area (Å²) in [6.07, 6.45) is 6.70. The second kappa shape index (κ2) is 10.9. The summed E-state index contributed by atoms with van der Waals surface area (Å²) in [5, 5.41) is 17.6. The van der Waals surface area contributed by atoms with Gasteiger partial charge >= 0.3 is 0 Å². The summed E-state index contributed by atoms with van der Waals surface area (Å²) in [7, 11) is 1.60. The van der Waals surface area contributed by atoms with Gasteiger partial charge in [0.1, 0.15) is 17.2 Å². The fourth-order valence-corrected chi connectivity index (χ4v) is 5.65. The zero-order chi connectivity index (χ0) is 28.6. The summed E-state index contributed by atoms with van der Waals surface area (Å²) in [5.74, 6) is 2.65. The third kappa shape index (κ3) is 5.36. The number of nitrogens with zero attached hydrogens (tertiary/aromatic N) is 7. The Bertz CT molecular complexity index is 1620. The van der Waals surface area contributed by atoms with Crippen molar-refractivity contribution in [1.29, 1.82) is 0 Å². The summed E-state index contributed by atoms with van der Waals surface area (Å²) < 4.78 is 22.8. The van der Waals surface area contributed by atoms with Gasteiger partial charge in [0.2, 0.25) is 0 Å². The summed E-state index contributed by atoms with van der Waals surface area (Å²) in [6.45, 7) is 5.52. The van der Waals surface area contributed by atoms with Crippen LogP contribution in [0.25, 0.3) is 5.82 Å². The Morgan fingerprint density at radius 1 is 1.27 bits per heavy atom. The molecule has 4 aromatic heterocycles. The van der Waals surface area contributed by atoms with E-state index >= 15 is 0 Å². The molecule has 0 saturated heterocycles. The third-order valence-electron chi connectivity index (χ3n) is 7.99. The molecular weight excluding hydrogens is 527 g/mol. The van der Waals surface area contributed by atoms with E-state index in [2.05, 4.69) is 40.5 Å². The van der Waals surface area contributed by atoms with Gasteiger partial charge in [0, 0.05) is 50.1 Å². The van der Waals surface area contributed by atoms with E-state index in [1.165, 1.54) is 10.9 Å². The number of hydrogen-bond donors (Lipinski definition) is 3. The number of hydrogen-bond acceptors (Lipinski definition) is 8. The van der Waals surface area contributed by atoms with Crippen LogP contribution in [0.1, 0.15) is 61.6 Å². The van der Waals surface area contributed by atoms with Crippen LogP contribution in [0.4, 0.5) is 16.0 Å². The maximum atomic E-state index is 13.5. The Kier molecular flexibility index (Phi) is 7.12. The summed E-state index contributed by atoms with van der Waals surface area (Å²) in [5.41, 5.74) is 1.45. The molecule has 0 spiro atoms. The zero-order valence-corrected chi connectivity index (χ0v) is 23.3. The number of carbonyl (C=O) groups is 1. The fraction of sp³-hybridized carbons (Fsp3) is 0.429. The van der Waals surface area contributed by atoms with Gasteiger partial charge in [-0.15, -0.1) is 0 Å². The first-order chi connectivity index (χ1) is 19.8. The highest BCUT2D eigenvalue weighted by Gasteiger charge is 2.43. The Morgan fingerprint density at radius 3 is 2.76 bits per heavy atom. The average molecular weight is 561 g/mol. The van der Waals surface area contributed by atoms with Crippen molar-refractivity contribution in [2.24, 2.45) is 4.99 Å². The van der Waals surface area contributed by atoms with Crippen molar-refractivity contribution >= 4 is 17.5 Å². The van der Waals surface area contributed by atoms with Gasteiger partial charge in [0.15, 0.2) is 22.9 Å². The number of aromatic nitrogens is 7. The second-order valence-corrected chi connectivity index (χ2v) is 10.7. The van der Waals surface area contributed by atoms with Crippen molar-refractivity contribution in [1.82, 2.24) is 39.8 Å². The van der Waals surface area contributed by atoms with E-state index < -0.39 is 11.4 Å². The minimum absolute atomic E-state index is 0.144. The minimum atomic E-state index is -0.925. The number of halogens is 1. The first kappa shape index (κ1) is 26.8. The van der Waals surface area contributed by atoms with Crippen LogP contribution in [-0.4, -0.2) is 59.7 Å². The molecule has 1 saturated carbocycles. The highest BCUT2D eigenvalue weighted by Crippen LogP contribution is 2.40. The van der Waals surface area contributed by atoms with Crippen molar-refractivity contribution in [2.75, 3.05) is 19.0 Å². The van der Waals surface area contributed by atoms with Crippen LogP contribution < -0.4 is 16.1 Å². The Labute approximate surface area is 236 Å². The quantitative estimate of drug-likeness (QED) is 0.315. The first-order valence-electron chi connectivity index (χ1n) is 13.8. The lowest BCUT2D eigenvalue weighted by Crippen LogP contribution is -2.51. The SMILES string of the molecule is COC1(C(=O)N[C@@H](C)c2ccc(-n3cc(F)cn3)nc2)CCC(c2nc(=Nc3cc(C)[nH]n3)cc3n2CCN3)CC1. The number of ether oxygens (including phenoxy) is 1. The monoisotopic (exact) mass is 560 g/mol. The number of carbonyl (C=O) groups excluding carboxylic acids is 1. The van der Waals surface area contributed by atoms with Gasteiger partial charge in [-0.1, -0.05) is 6.07 Å². The van der Waals surface area contributed by atoms with E-state index in [0.29, 0.717) is 30.0 Å². The number of aryl methyl sites for hydroxylation is 1. The van der Waals surface area contributed by atoms with Gasteiger partial charge in [0.25, 0.3) is 5.91 Å². The lowest BCUT2D eigenvalue weighted by Gasteiger charge is -2.38. The van der Waals surface area contributed by atoms with Crippen LogP contribution in [-0.2, 0) is 16.1 Å². The van der Waals surface area contributed by atoms with Crippen LogP contribution in [0.2, 0.25) is 0 Å². The molecule has 214 valence electrons. The van der Waals surface area contributed by atoms with Crippen molar-refractivity contribution in [3.05, 3.63) is 71.2 Å². The van der Waals surface area contributed by atoms with Gasteiger partial charge in [-0.25, -0.2) is 24.0 Å². The first-order valence-corrected chi connectivity index (χ1v) is 13.8. The largest absolute Gasteiger partial charge is 0.370 e. The van der Waals surface area contributed by atoms with E-state index in [0.717, 1.165) is 55.0 Å². The van der Waals surface area contributed by atoms with E-state index in [4.69, 9.17) is 9.72 Å². The number of amides is 1. The van der Waals surface area contributed by atoms with Crippen LogP contribution in [0.15, 0.2) is 47.8 Å². The predicted octanol–water partition coefficient (Wildman–Crippen LogP) is 3.21. The molecular formula is C28H33FN10O2. The molecule has 1 atom stereocenters. The maximum absolute atomic E-state index is 13.5. The lowest BCUT2D eigenvalue weighted by atomic mass is 9.77. The summed E-state index contributed by atoms with van der Waals surface area (Å²) >= 11 is 0. The molecule has 1 aliphatic carbocycles. The molecule has 1 aliphatic heterocycles. The molecule has 3 N–H and O–H groups in total. The topological polar surface area (TPSA) is 140 Å². The van der Waals surface area contributed by atoms with E-state index in [-0.39, 0.29) is 17.9 Å². The van der Waals surface area contributed by atoms with Crippen LogP contribution in [0, 0.1) is 12.7 Å². The molecule has 0 radical (unpaired) electrons. The average Bonchev–Trinajstić information content (AvgIpc) is 3.74. The number of rotatable bonds is 7. The fourth-order valence-electron chi connectivity index (χ4n) is 5.65. The van der Waals surface area contributed by atoms with Crippen molar-refractivity contribution in [3.8, 4) is 5.82 Å². The Hall–Kier alpha value is -4.39. The molecule has 1 fully saturated rings. The van der Waals surface area contributed by atoms with Gasteiger partial charge in [-0.2, -0.15) is 10.2 Å². The molecule has 1 amide bonds. The van der Waals surface area contributed by atoms with Crippen molar-refractivity contribution < 1.29 is 13.9 Å². The number of aromatic amines is 1. The summed E-state index contributed by atoms with van der Waals surface area (Å²) in [4.78, 5) is 27.5. The third-order valence-corrected chi connectivity index (χ3v) is 7.99. The maximum Gasteiger partial charge on any atom is 0.252 e. The van der Waals surface area contributed by atoms with Gasteiger partial charge < -0.3 is 19.9 Å². The van der Waals surface area contributed by atoms with E-state index in [9.17, 15) is 9.18 Å². The normalized spacial score (nSPS) is 21.4. The number of fused-ring (bicyclic) bond motifs is 1. The number of pyridine rings is 1. The molecule has 12 nitrogen and oxygen atoms in total. The number of H-pyrrole nitrogens is 1.